The second kappa shape index (κ2) is 15.0. The average Bonchev–Trinajstić information content (AvgIpc) is 2.20. The van der Waals surface area contributed by atoms with Crippen LogP contribution < -0.4 is 0 Å². The number of unbranched alkanes of at least 4 members (excludes halogenated alkanes) is 8. The third-order valence-electron chi connectivity index (χ3n) is 2.63. The van der Waals surface area contributed by atoms with Gasteiger partial charge >= 0.3 is 0 Å². The van der Waals surface area contributed by atoms with Gasteiger partial charge in [0, 0.05) is 0 Å². The van der Waals surface area contributed by atoms with Gasteiger partial charge in [0.25, 0.3) is 0 Å². The Kier molecular flexibility index (Phi) is 17.1. The molecule has 1 heteroatoms. The second-order valence-electron chi connectivity index (χ2n) is 4.51. The largest absolute Gasteiger partial charge is 0.114 e. The van der Waals surface area contributed by atoms with Gasteiger partial charge in [-0.2, -0.15) is 0 Å². The van der Waals surface area contributed by atoms with Crippen LogP contribution in [0.25, 0.3) is 0 Å². The topological polar surface area (TPSA) is 0 Å². The van der Waals surface area contributed by atoms with Gasteiger partial charge < -0.3 is 0 Å². The Balaban J connectivity index is 0. The molecule has 0 unspecified atom stereocenters. The van der Waals surface area contributed by atoms with E-state index in [1.807, 2.05) is 6.92 Å². The first kappa shape index (κ1) is 18.3. The fourth-order valence-electron chi connectivity index (χ4n) is 1.68. The molecule has 0 saturated heterocycles. The normalized spacial score (nSPS) is 10.4. The van der Waals surface area contributed by atoms with Crippen molar-refractivity contribution in [2.75, 3.05) is 0 Å². The summed E-state index contributed by atoms with van der Waals surface area (Å²) in [6, 6.07) is 0. The highest BCUT2D eigenvalue weighted by Gasteiger charge is 1.90. The van der Waals surface area contributed by atoms with Crippen molar-refractivity contribution in [1.29, 1.82) is 0 Å². The highest BCUT2D eigenvalue weighted by Crippen LogP contribution is 2.09. The van der Waals surface area contributed by atoms with Gasteiger partial charge in [0.15, 0.2) is 0 Å². The predicted molar refractivity (Wildman–Crippen MR) is 81.5 cm³/mol. The van der Waals surface area contributed by atoms with Crippen LogP contribution in [-0.4, -0.2) is 0 Å². The van der Waals surface area contributed by atoms with Crippen LogP contribution in [0.5, 0.6) is 0 Å². The smallest absolute Gasteiger partial charge is 0.0348 e. The Morgan fingerprint density at radius 2 is 1.44 bits per heavy atom. The van der Waals surface area contributed by atoms with Crippen LogP contribution in [0, 0.1) is 0 Å². The molecule has 0 rings (SSSR count). The first-order valence-electron chi connectivity index (χ1n) is 6.59. The van der Waals surface area contributed by atoms with E-state index in [1.54, 1.807) is 0 Å². The van der Waals surface area contributed by atoms with Crippen molar-refractivity contribution in [3.8, 4) is 0 Å². The van der Waals surface area contributed by atoms with Crippen LogP contribution in [0.3, 0.4) is 0 Å². The molecule has 0 amide bonds. The molecule has 0 N–H and O–H groups in total. The van der Waals surface area contributed by atoms with Gasteiger partial charge in [0.05, 0.1) is 0 Å². The fraction of sp³-hybridized carbons (Fsp3) is 0.733. The molecule has 0 saturated carbocycles. The van der Waals surface area contributed by atoms with Crippen LogP contribution in [0.4, 0.5) is 0 Å². The van der Waals surface area contributed by atoms with E-state index < -0.39 is 0 Å². The van der Waals surface area contributed by atoms with Gasteiger partial charge in [0.2, 0.25) is 0 Å². The summed E-state index contributed by atoms with van der Waals surface area (Å²) >= 11 is 0. The maximum absolute atomic E-state index is 3.84. The third kappa shape index (κ3) is 16.4. The molecular weight excluding hydrogens is 260 g/mol. The van der Waals surface area contributed by atoms with Gasteiger partial charge in [-0.3, -0.25) is 0 Å². The van der Waals surface area contributed by atoms with Crippen molar-refractivity contribution < 1.29 is 0 Å². The number of hydrogen-bond donors (Lipinski definition) is 0. The van der Waals surface area contributed by atoms with Crippen LogP contribution in [0.15, 0.2) is 24.3 Å². The molecule has 0 aromatic carbocycles. The number of hydrogen-bond acceptors (Lipinski definition) is 0. The fourth-order valence-corrected chi connectivity index (χ4v) is 1.68. The average molecular weight is 289 g/mol. The van der Waals surface area contributed by atoms with Crippen LogP contribution in [0.2, 0.25) is 0 Å². The van der Waals surface area contributed by atoms with Crippen molar-refractivity contribution in [2.45, 2.75) is 71.6 Å². The Labute approximate surface area is 113 Å². The number of rotatable bonds is 10. The van der Waals surface area contributed by atoms with Gasteiger partial charge in [-0.1, -0.05) is 76.2 Å². The van der Waals surface area contributed by atoms with Crippen molar-refractivity contribution in [3.05, 3.63) is 24.3 Å². The molecule has 0 radical (unpaired) electrons. The summed E-state index contributed by atoms with van der Waals surface area (Å²) in [6.07, 6.45) is 16.8. The lowest BCUT2D eigenvalue weighted by Gasteiger charge is -1.99. The monoisotopic (exact) mass is 288 g/mol. The van der Waals surface area contributed by atoms with E-state index >= 15 is 0 Å². The zero-order valence-electron chi connectivity index (χ0n) is 11.1. The minimum Gasteiger partial charge on any atom is -0.114 e. The van der Waals surface area contributed by atoms with Crippen LogP contribution >= 0.6 is 17.0 Å². The molecule has 0 nitrogen and oxygen atoms in total. The molecule has 0 spiro atoms. The molecule has 0 heterocycles. The second-order valence-corrected chi connectivity index (χ2v) is 4.51. The first-order chi connectivity index (χ1) is 7.27. The maximum atomic E-state index is 3.84. The first-order valence-corrected chi connectivity index (χ1v) is 6.59. The van der Waals surface area contributed by atoms with Crippen molar-refractivity contribution in [2.24, 2.45) is 0 Å². The van der Waals surface area contributed by atoms with Gasteiger partial charge in [-0.05, 0) is 19.8 Å². The summed E-state index contributed by atoms with van der Waals surface area (Å²) < 4.78 is 0. The predicted octanol–water partition coefficient (Wildman–Crippen LogP) is 6.23. The Morgan fingerprint density at radius 3 is 1.94 bits per heavy atom. The van der Waals surface area contributed by atoms with Gasteiger partial charge in [-0.15, -0.1) is 17.0 Å². The van der Waals surface area contributed by atoms with E-state index in [0.29, 0.717) is 0 Å². The number of halogens is 1. The quantitative estimate of drug-likeness (QED) is 0.330. The molecule has 0 aromatic rings. The molecule has 0 fully saturated rings. The SMILES string of the molecule is Br.C=C(C)C=CCCCCCCCCCC. The summed E-state index contributed by atoms with van der Waals surface area (Å²) in [5.41, 5.74) is 1.16. The Bertz CT molecular complexity index is 170. The summed E-state index contributed by atoms with van der Waals surface area (Å²) in [7, 11) is 0. The highest BCUT2D eigenvalue weighted by atomic mass is 79.9. The van der Waals surface area contributed by atoms with E-state index in [0.717, 1.165) is 5.57 Å². The van der Waals surface area contributed by atoms with Crippen molar-refractivity contribution in [3.63, 3.8) is 0 Å². The lowest BCUT2D eigenvalue weighted by molar-refractivity contribution is 0.577. The Hall–Kier alpha value is -0.0400. The van der Waals surface area contributed by atoms with E-state index in [9.17, 15) is 0 Å². The molecular formula is C15H29Br. The minimum atomic E-state index is 0. The molecule has 96 valence electrons. The molecule has 0 atom stereocenters. The number of allylic oxidation sites excluding steroid dienone is 3. The minimum absolute atomic E-state index is 0. The lowest BCUT2D eigenvalue weighted by Crippen LogP contribution is -1.79. The van der Waals surface area contributed by atoms with Crippen molar-refractivity contribution >= 4 is 17.0 Å². The summed E-state index contributed by atoms with van der Waals surface area (Å²) in [5, 5.41) is 0. The van der Waals surface area contributed by atoms with Gasteiger partial charge in [0.1, 0.15) is 0 Å². The van der Waals surface area contributed by atoms with E-state index in [1.165, 1.54) is 57.8 Å². The Morgan fingerprint density at radius 1 is 0.938 bits per heavy atom. The highest BCUT2D eigenvalue weighted by molar-refractivity contribution is 8.93. The third-order valence-corrected chi connectivity index (χ3v) is 2.63. The molecule has 0 aliphatic heterocycles. The summed E-state index contributed by atoms with van der Waals surface area (Å²) in [4.78, 5) is 0. The van der Waals surface area contributed by atoms with Crippen LogP contribution in [-0.2, 0) is 0 Å². The standard InChI is InChI=1S/C15H28.BrH/c1-4-5-6-7-8-9-10-11-12-13-14-15(2)3;/h13-14H,2,4-12H2,1,3H3;1H. The van der Waals surface area contributed by atoms with E-state index in [4.69, 9.17) is 0 Å². The molecule has 0 aliphatic rings. The lowest BCUT2D eigenvalue weighted by atomic mass is 10.1. The molecule has 0 aliphatic carbocycles. The summed E-state index contributed by atoms with van der Waals surface area (Å²) in [6.45, 7) is 8.16. The zero-order valence-corrected chi connectivity index (χ0v) is 12.8. The maximum Gasteiger partial charge on any atom is -0.0348 e. The molecule has 0 bridgehead atoms. The summed E-state index contributed by atoms with van der Waals surface area (Å²) in [5.74, 6) is 0. The van der Waals surface area contributed by atoms with Gasteiger partial charge in [-0.25, -0.2) is 0 Å². The molecule has 0 aromatic heterocycles. The van der Waals surface area contributed by atoms with E-state index in [-0.39, 0.29) is 17.0 Å². The van der Waals surface area contributed by atoms with Crippen molar-refractivity contribution in [1.82, 2.24) is 0 Å². The van der Waals surface area contributed by atoms with E-state index in [2.05, 4.69) is 25.7 Å². The zero-order chi connectivity index (χ0) is 11.4. The van der Waals surface area contributed by atoms with Crippen LogP contribution in [0.1, 0.15) is 71.6 Å². The molecule has 16 heavy (non-hydrogen) atoms.